The lowest BCUT2D eigenvalue weighted by atomic mass is 10.1. The van der Waals surface area contributed by atoms with Crippen molar-refractivity contribution < 1.29 is 27.9 Å². The van der Waals surface area contributed by atoms with Gasteiger partial charge in [-0.05, 0) is 85.8 Å². The number of ether oxygens (including phenoxy) is 1. The molecule has 0 spiro atoms. The Hall–Kier alpha value is -5.13. The summed E-state index contributed by atoms with van der Waals surface area (Å²) < 4.78 is 26.2. The van der Waals surface area contributed by atoms with Crippen LogP contribution in [0.2, 0.25) is 0 Å². The lowest BCUT2D eigenvalue weighted by Crippen LogP contribution is -2.30. The standard InChI is InChI=1S/C36H29BrFN3O5S/c1-22(34(42)40-30-18-12-24(37)20-29(30)38)47-27-16-13-25(14-17-27)39-36(44)31(41-35(43)23-8-4-3-5-9-23)21-26-15-19-33(46-26)28-10-6-7-11-32(28)45-2/h3-22H,1-2H3,(H,39,44)(H,40,42)(H,41,43)/b31-21+/t22-/m1/s1. The largest absolute Gasteiger partial charge is 0.496 e. The second-order valence-electron chi connectivity index (χ2n) is 10.1. The van der Waals surface area contributed by atoms with Crippen molar-refractivity contribution in [2.45, 2.75) is 17.1 Å². The first-order valence-electron chi connectivity index (χ1n) is 14.4. The third-order valence-corrected chi connectivity index (χ3v) is 8.40. The fourth-order valence-corrected chi connectivity index (χ4v) is 5.61. The van der Waals surface area contributed by atoms with Crippen LogP contribution in [-0.4, -0.2) is 30.1 Å². The number of hydrogen-bond donors (Lipinski definition) is 3. The highest BCUT2D eigenvalue weighted by molar-refractivity contribution is 9.10. The predicted molar refractivity (Wildman–Crippen MR) is 186 cm³/mol. The van der Waals surface area contributed by atoms with Crippen LogP contribution in [-0.2, 0) is 9.59 Å². The average molecular weight is 715 g/mol. The number of amides is 3. The summed E-state index contributed by atoms with van der Waals surface area (Å²) in [7, 11) is 1.57. The molecule has 0 bridgehead atoms. The molecule has 8 nitrogen and oxygen atoms in total. The molecule has 0 saturated carbocycles. The second-order valence-corrected chi connectivity index (χ2v) is 12.5. The van der Waals surface area contributed by atoms with E-state index < -0.39 is 22.9 Å². The van der Waals surface area contributed by atoms with E-state index in [4.69, 9.17) is 9.15 Å². The molecule has 1 atom stereocenters. The first kappa shape index (κ1) is 33.2. The maximum absolute atomic E-state index is 14.2. The van der Waals surface area contributed by atoms with Gasteiger partial charge in [0.15, 0.2) is 0 Å². The molecule has 1 heterocycles. The minimum atomic E-state index is -0.575. The van der Waals surface area contributed by atoms with Crippen molar-refractivity contribution in [3.8, 4) is 17.1 Å². The van der Waals surface area contributed by atoms with Crippen LogP contribution in [0, 0.1) is 5.82 Å². The van der Waals surface area contributed by atoms with Crippen molar-refractivity contribution in [2.75, 3.05) is 17.7 Å². The summed E-state index contributed by atoms with van der Waals surface area (Å²) in [5.74, 6) is -0.443. The summed E-state index contributed by atoms with van der Waals surface area (Å²) in [5.41, 5.74) is 1.63. The fraction of sp³-hybridized carbons (Fsp3) is 0.0833. The molecule has 0 unspecified atom stereocenters. The quantitative estimate of drug-likeness (QED) is 0.0937. The van der Waals surface area contributed by atoms with E-state index in [0.717, 1.165) is 10.5 Å². The molecule has 47 heavy (non-hydrogen) atoms. The normalized spacial score (nSPS) is 11.8. The Kier molecular flexibility index (Phi) is 10.9. The van der Waals surface area contributed by atoms with E-state index in [1.807, 2.05) is 24.3 Å². The van der Waals surface area contributed by atoms with Gasteiger partial charge in [-0.1, -0.05) is 46.3 Å². The van der Waals surface area contributed by atoms with Crippen molar-refractivity contribution in [2.24, 2.45) is 0 Å². The summed E-state index contributed by atoms with van der Waals surface area (Å²) in [4.78, 5) is 39.9. The van der Waals surface area contributed by atoms with E-state index in [0.29, 0.717) is 33.0 Å². The highest BCUT2D eigenvalue weighted by Gasteiger charge is 2.19. The Labute approximate surface area is 283 Å². The van der Waals surface area contributed by atoms with Gasteiger partial charge in [0.2, 0.25) is 5.91 Å². The minimum absolute atomic E-state index is 0.0382. The number of benzene rings is 4. The summed E-state index contributed by atoms with van der Waals surface area (Å²) in [6.07, 6.45) is 1.45. The number of carbonyl (C=O) groups excluding carboxylic acids is 3. The average Bonchev–Trinajstić information content (AvgIpc) is 3.55. The van der Waals surface area contributed by atoms with Crippen molar-refractivity contribution in [1.82, 2.24) is 5.32 Å². The molecule has 3 amide bonds. The molecular formula is C36H29BrFN3O5S. The van der Waals surface area contributed by atoms with Gasteiger partial charge < -0.3 is 25.1 Å². The molecule has 5 rings (SSSR count). The molecule has 0 aliphatic heterocycles. The number of hydrogen-bond acceptors (Lipinski definition) is 6. The number of thioether (sulfide) groups is 1. The third-order valence-electron chi connectivity index (χ3n) is 6.80. The predicted octanol–water partition coefficient (Wildman–Crippen LogP) is 8.39. The third kappa shape index (κ3) is 8.78. The molecule has 0 saturated heterocycles. The van der Waals surface area contributed by atoms with E-state index >= 15 is 0 Å². The van der Waals surface area contributed by atoms with Gasteiger partial charge in [-0.25, -0.2) is 4.39 Å². The maximum Gasteiger partial charge on any atom is 0.272 e. The zero-order valence-electron chi connectivity index (χ0n) is 25.3. The van der Waals surface area contributed by atoms with Gasteiger partial charge in [0.1, 0.15) is 28.8 Å². The summed E-state index contributed by atoms with van der Waals surface area (Å²) in [6, 6.07) is 30.7. The number of rotatable bonds is 11. The Morgan fingerprint density at radius 2 is 1.62 bits per heavy atom. The zero-order chi connectivity index (χ0) is 33.3. The monoisotopic (exact) mass is 713 g/mol. The van der Waals surface area contributed by atoms with Gasteiger partial charge in [0.05, 0.1) is 23.6 Å². The highest BCUT2D eigenvalue weighted by atomic mass is 79.9. The molecule has 0 fully saturated rings. The second kappa shape index (κ2) is 15.4. The Bertz CT molecular complexity index is 1930. The van der Waals surface area contributed by atoms with Crippen LogP contribution in [0.15, 0.2) is 129 Å². The lowest BCUT2D eigenvalue weighted by molar-refractivity contribution is -0.115. The lowest BCUT2D eigenvalue weighted by Gasteiger charge is -2.14. The molecule has 3 N–H and O–H groups in total. The Morgan fingerprint density at radius 1 is 0.894 bits per heavy atom. The number of halogens is 2. The number of para-hydroxylation sites is 1. The molecule has 4 aromatic carbocycles. The van der Waals surface area contributed by atoms with Crippen LogP contribution in [0.5, 0.6) is 5.75 Å². The Morgan fingerprint density at radius 3 is 2.34 bits per heavy atom. The number of methoxy groups -OCH3 is 1. The maximum atomic E-state index is 14.2. The molecule has 1 aromatic heterocycles. The SMILES string of the molecule is COc1ccccc1-c1ccc(/C=C(/NC(=O)c2ccccc2)C(=O)Nc2ccc(S[C@H](C)C(=O)Nc3ccc(Br)cc3F)cc2)o1. The molecule has 0 aliphatic carbocycles. The molecule has 0 radical (unpaired) electrons. The van der Waals surface area contributed by atoms with Gasteiger partial charge in [-0.3, -0.25) is 14.4 Å². The van der Waals surface area contributed by atoms with Crippen LogP contribution in [0.4, 0.5) is 15.8 Å². The van der Waals surface area contributed by atoms with Gasteiger partial charge in [-0.15, -0.1) is 11.8 Å². The van der Waals surface area contributed by atoms with Crippen LogP contribution in [0.1, 0.15) is 23.0 Å². The van der Waals surface area contributed by atoms with E-state index in [1.165, 1.54) is 30.0 Å². The van der Waals surface area contributed by atoms with Crippen LogP contribution in [0.25, 0.3) is 17.4 Å². The summed E-state index contributed by atoms with van der Waals surface area (Å²) in [5, 5.41) is 7.57. The van der Waals surface area contributed by atoms with Crippen molar-refractivity contribution in [1.29, 1.82) is 0 Å². The smallest absolute Gasteiger partial charge is 0.272 e. The molecule has 11 heteroatoms. The van der Waals surface area contributed by atoms with Crippen LogP contribution < -0.4 is 20.7 Å². The van der Waals surface area contributed by atoms with E-state index in [9.17, 15) is 18.8 Å². The van der Waals surface area contributed by atoms with Crippen molar-refractivity contribution >= 4 is 62.9 Å². The molecule has 0 aliphatic rings. The van der Waals surface area contributed by atoms with Gasteiger partial charge in [-0.2, -0.15) is 0 Å². The topological polar surface area (TPSA) is 110 Å². The number of furan rings is 1. The number of anilines is 2. The fourth-order valence-electron chi connectivity index (χ4n) is 4.41. The van der Waals surface area contributed by atoms with Crippen LogP contribution in [0.3, 0.4) is 0 Å². The summed E-state index contributed by atoms with van der Waals surface area (Å²) >= 11 is 4.48. The van der Waals surface area contributed by atoms with E-state index in [1.54, 1.807) is 86.8 Å². The van der Waals surface area contributed by atoms with Gasteiger partial charge in [0.25, 0.3) is 11.8 Å². The first-order valence-corrected chi connectivity index (χ1v) is 16.0. The molecule has 238 valence electrons. The van der Waals surface area contributed by atoms with E-state index in [2.05, 4.69) is 31.9 Å². The van der Waals surface area contributed by atoms with Crippen molar-refractivity contribution in [3.05, 3.63) is 137 Å². The summed E-state index contributed by atoms with van der Waals surface area (Å²) in [6.45, 7) is 1.72. The van der Waals surface area contributed by atoms with Crippen molar-refractivity contribution in [3.63, 3.8) is 0 Å². The van der Waals surface area contributed by atoms with Gasteiger partial charge >= 0.3 is 0 Å². The molecule has 5 aromatic rings. The zero-order valence-corrected chi connectivity index (χ0v) is 27.7. The van der Waals surface area contributed by atoms with Gasteiger partial charge in [0, 0.05) is 26.7 Å². The van der Waals surface area contributed by atoms with E-state index in [-0.39, 0.29) is 17.3 Å². The number of nitrogens with one attached hydrogen (secondary N) is 3. The van der Waals surface area contributed by atoms with Crippen LogP contribution >= 0.6 is 27.7 Å². The highest BCUT2D eigenvalue weighted by Crippen LogP contribution is 2.32. The molecular weight excluding hydrogens is 685 g/mol. The Balaban J connectivity index is 1.30. The number of carbonyl (C=O) groups is 3. The first-order chi connectivity index (χ1) is 22.7. The minimum Gasteiger partial charge on any atom is -0.496 e.